The molecule has 6 nitrogen and oxygen atoms in total. The van der Waals surface area contributed by atoms with Crippen molar-refractivity contribution in [2.24, 2.45) is 0 Å². The van der Waals surface area contributed by atoms with Gasteiger partial charge in [-0.3, -0.25) is 14.4 Å². The molecule has 2 aliphatic rings. The molecule has 1 aromatic heterocycles. The Morgan fingerprint density at radius 2 is 1.80 bits per heavy atom. The summed E-state index contributed by atoms with van der Waals surface area (Å²) in [5, 5.41) is 0.637. The molecule has 1 aliphatic carbocycles. The number of hydrogen-bond acceptors (Lipinski definition) is 4. The van der Waals surface area contributed by atoms with Gasteiger partial charge in [0.2, 0.25) is 0 Å². The summed E-state index contributed by atoms with van der Waals surface area (Å²) in [7, 11) is 0. The van der Waals surface area contributed by atoms with Gasteiger partial charge in [-0.25, -0.2) is 0 Å². The molecule has 1 fully saturated rings. The number of nitrogens with zero attached hydrogens (tertiary/aromatic N) is 2. The van der Waals surface area contributed by atoms with E-state index in [-0.39, 0.29) is 17.3 Å². The van der Waals surface area contributed by atoms with E-state index in [1.54, 1.807) is 17.0 Å². The number of amides is 1. The number of aryl methyl sites for hydroxylation is 1. The minimum Gasteiger partial charge on any atom is -0.333 e. The van der Waals surface area contributed by atoms with Crippen molar-refractivity contribution in [1.29, 1.82) is 0 Å². The zero-order valence-corrected chi connectivity index (χ0v) is 17.7. The topological polar surface area (TPSA) is 73.5 Å². The molecule has 1 N–H and O–H groups in total. The van der Waals surface area contributed by atoms with Crippen LogP contribution in [0.4, 0.5) is 0 Å². The molecule has 0 unspecified atom stereocenters. The van der Waals surface area contributed by atoms with Gasteiger partial charge in [-0.05, 0) is 62.5 Å². The molecular weight excluding hydrogens is 402 g/mol. The van der Waals surface area contributed by atoms with Crippen LogP contribution in [0.3, 0.4) is 0 Å². The lowest BCUT2D eigenvalue weighted by molar-refractivity contribution is 0.0725. The Hall–Kier alpha value is -2.44. The predicted molar refractivity (Wildman–Crippen MR) is 116 cm³/mol. The van der Waals surface area contributed by atoms with E-state index >= 15 is 0 Å². The third-order valence-electron chi connectivity index (χ3n) is 5.94. The summed E-state index contributed by atoms with van der Waals surface area (Å²) in [5.41, 5.74) is 1.69. The molecule has 30 heavy (non-hydrogen) atoms. The molecule has 1 saturated heterocycles. The molecule has 7 heteroatoms. The van der Waals surface area contributed by atoms with Crippen LogP contribution in [-0.2, 0) is 13.0 Å². The number of Topliss-reactive ketones (excluding diaryl/α,β-unsaturated/α-hetero) is 1. The number of aromatic nitrogens is 1. The second-order valence-electron chi connectivity index (χ2n) is 8.08. The number of carbonyl (C=O) groups is 2. The van der Waals surface area contributed by atoms with Gasteiger partial charge < -0.3 is 14.8 Å². The first kappa shape index (κ1) is 20.8. The van der Waals surface area contributed by atoms with Crippen molar-refractivity contribution in [3.8, 4) is 0 Å². The van der Waals surface area contributed by atoms with Crippen LogP contribution < -0.4 is 5.56 Å². The van der Waals surface area contributed by atoms with Crippen LogP contribution in [0, 0.1) is 0 Å². The van der Waals surface area contributed by atoms with Crippen molar-refractivity contribution in [2.75, 3.05) is 26.2 Å². The van der Waals surface area contributed by atoms with E-state index < -0.39 is 5.56 Å². The second kappa shape index (κ2) is 9.14. The predicted octanol–water partition coefficient (Wildman–Crippen LogP) is 3.29. The van der Waals surface area contributed by atoms with E-state index in [1.165, 1.54) is 18.9 Å². The summed E-state index contributed by atoms with van der Waals surface area (Å²) in [6.45, 7) is 3.75. The molecule has 0 spiro atoms. The van der Waals surface area contributed by atoms with Crippen LogP contribution in [0.25, 0.3) is 0 Å². The van der Waals surface area contributed by atoms with Crippen LogP contribution in [-0.4, -0.2) is 52.7 Å². The molecule has 0 radical (unpaired) electrons. The molecule has 0 bridgehead atoms. The van der Waals surface area contributed by atoms with Crippen molar-refractivity contribution in [3.63, 3.8) is 0 Å². The van der Waals surface area contributed by atoms with Gasteiger partial charge in [-0.15, -0.1) is 0 Å². The van der Waals surface area contributed by atoms with Gasteiger partial charge in [-0.2, -0.15) is 0 Å². The van der Waals surface area contributed by atoms with Gasteiger partial charge in [-0.1, -0.05) is 23.7 Å². The van der Waals surface area contributed by atoms with Gasteiger partial charge in [0.1, 0.15) is 5.56 Å². The Kier molecular flexibility index (Phi) is 6.35. The minimum absolute atomic E-state index is 0.0112. The van der Waals surface area contributed by atoms with Crippen molar-refractivity contribution in [1.82, 2.24) is 14.8 Å². The molecule has 4 rings (SSSR count). The molecule has 2 heterocycles. The fourth-order valence-corrected chi connectivity index (χ4v) is 4.36. The maximum atomic E-state index is 13.4. The van der Waals surface area contributed by atoms with E-state index in [1.807, 2.05) is 12.1 Å². The highest BCUT2D eigenvalue weighted by atomic mass is 35.5. The Labute approximate surface area is 180 Å². The lowest BCUT2D eigenvalue weighted by atomic mass is 9.93. The number of ketones is 1. The summed E-state index contributed by atoms with van der Waals surface area (Å²) in [5.74, 6) is -0.352. The average molecular weight is 428 g/mol. The Morgan fingerprint density at radius 1 is 1.07 bits per heavy atom. The van der Waals surface area contributed by atoms with Gasteiger partial charge in [0.25, 0.3) is 11.5 Å². The van der Waals surface area contributed by atoms with E-state index in [0.717, 1.165) is 31.6 Å². The standard InChI is InChI=1S/C23H26ClN3O3/c24-17-8-6-16(7-9-17)15-27(13-12-26-10-1-2-11-26)23(30)19-14-18-20(25-22(19)29)4-3-5-21(18)28/h6-9,14H,1-5,10-13,15H2,(H,25,29). The Morgan fingerprint density at radius 3 is 2.53 bits per heavy atom. The van der Waals surface area contributed by atoms with Crippen LogP contribution in [0.2, 0.25) is 5.02 Å². The molecule has 0 saturated carbocycles. The lowest BCUT2D eigenvalue weighted by Gasteiger charge is -2.26. The number of rotatable bonds is 6. The number of likely N-dealkylation sites (tertiary alicyclic amines) is 1. The number of carbonyl (C=O) groups excluding carboxylic acids is 2. The molecule has 1 aliphatic heterocycles. The number of fused-ring (bicyclic) bond motifs is 1. The number of aromatic amines is 1. The highest BCUT2D eigenvalue weighted by molar-refractivity contribution is 6.30. The summed E-state index contributed by atoms with van der Waals surface area (Å²) < 4.78 is 0. The van der Waals surface area contributed by atoms with Gasteiger partial charge in [0.15, 0.2) is 5.78 Å². The SMILES string of the molecule is O=C1CCCc2[nH]c(=O)c(C(=O)N(CCN3CCCC3)Cc3ccc(Cl)cc3)cc21. The minimum atomic E-state index is -0.421. The van der Waals surface area contributed by atoms with Crippen molar-refractivity contribution < 1.29 is 9.59 Å². The number of benzene rings is 1. The van der Waals surface area contributed by atoms with E-state index in [9.17, 15) is 14.4 Å². The van der Waals surface area contributed by atoms with Gasteiger partial charge >= 0.3 is 0 Å². The highest BCUT2D eigenvalue weighted by Crippen LogP contribution is 2.20. The smallest absolute Gasteiger partial charge is 0.261 e. The first-order chi connectivity index (χ1) is 14.5. The molecule has 1 amide bonds. The van der Waals surface area contributed by atoms with Crippen LogP contribution in [0.1, 0.15) is 57.7 Å². The first-order valence-electron chi connectivity index (χ1n) is 10.6. The Balaban J connectivity index is 1.60. The second-order valence-corrected chi connectivity index (χ2v) is 8.52. The van der Waals surface area contributed by atoms with Crippen molar-refractivity contribution in [3.05, 3.63) is 68.1 Å². The summed E-state index contributed by atoms with van der Waals surface area (Å²) >= 11 is 5.99. The normalized spacial score (nSPS) is 16.5. The fourth-order valence-electron chi connectivity index (χ4n) is 4.24. The zero-order chi connectivity index (χ0) is 21.1. The molecule has 158 valence electrons. The number of hydrogen-bond donors (Lipinski definition) is 1. The highest BCUT2D eigenvalue weighted by Gasteiger charge is 2.25. The van der Waals surface area contributed by atoms with E-state index in [0.29, 0.717) is 42.2 Å². The molecule has 2 aromatic rings. The lowest BCUT2D eigenvalue weighted by Crippen LogP contribution is -2.40. The maximum Gasteiger partial charge on any atom is 0.261 e. The van der Waals surface area contributed by atoms with Crippen LogP contribution >= 0.6 is 11.6 Å². The van der Waals surface area contributed by atoms with E-state index in [4.69, 9.17) is 11.6 Å². The van der Waals surface area contributed by atoms with Gasteiger partial charge in [0.05, 0.1) is 0 Å². The third kappa shape index (κ3) is 4.65. The van der Waals surface area contributed by atoms with E-state index in [2.05, 4.69) is 9.88 Å². The largest absolute Gasteiger partial charge is 0.333 e. The quantitative estimate of drug-likeness (QED) is 0.767. The maximum absolute atomic E-state index is 13.4. The van der Waals surface area contributed by atoms with Crippen LogP contribution in [0.5, 0.6) is 0 Å². The average Bonchev–Trinajstić information content (AvgIpc) is 3.25. The van der Waals surface area contributed by atoms with Crippen molar-refractivity contribution in [2.45, 2.75) is 38.6 Å². The third-order valence-corrected chi connectivity index (χ3v) is 6.19. The molecular formula is C23H26ClN3O3. The monoisotopic (exact) mass is 427 g/mol. The summed E-state index contributed by atoms with van der Waals surface area (Å²) in [4.78, 5) is 45.2. The Bertz CT molecular complexity index is 994. The summed E-state index contributed by atoms with van der Waals surface area (Å²) in [6.07, 6.45) is 4.20. The van der Waals surface area contributed by atoms with Gasteiger partial charge in [0, 0.05) is 42.3 Å². The summed E-state index contributed by atoms with van der Waals surface area (Å²) in [6, 6.07) is 8.87. The zero-order valence-electron chi connectivity index (χ0n) is 17.0. The fraction of sp³-hybridized carbons (Fsp3) is 0.435. The first-order valence-corrected chi connectivity index (χ1v) is 10.9. The van der Waals surface area contributed by atoms with Crippen molar-refractivity contribution >= 4 is 23.3 Å². The number of halogens is 1. The number of H-pyrrole nitrogens is 1. The molecule has 0 atom stereocenters. The number of pyridine rings is 1. The molecule has 1 aromatic carbocycles. The number of nitrogens with one attached hydrogen (secondary N) is 1. The van der Waals surface area contributed by atoms with Crippen LogP contribution in [0.15, 0.2) is 35.1 Å².